The van der Waals surface area contributed by atoms with E-state index in [2.05, 4.69) is 20.8 Å². The average Bonchev–Trinajstić information content (AvgIpc) is 2.61. The lowest BCUT2D eigenvalue weighted by molar-refractivity contribution is -0.137. The molecule has 0 aliphatic carbocycles. The zero-order valence-electron chi connectivity index (χ0n) is 11.0. The lowest BCUT2D eigenvalue weighted by Gasteiger charge is -2.37. The van der Waals surface area contributed by atoms with Crippen molar-refractivity contribution < 1.29 is 13.2 Å². The monoisotopic (exact) mass is 347 g/mol. The molecule has 5 heteroatoms. The second-order valence-electron chi connectivity index (χ2n) is 5.82. The predicted molar refractivity (Wildman–Crippen MR) is 75.7 cm³/mol. The Kier molecular flexibility index (Phi) is 3.84. The van der Waals surface area contributed by atoms with Gasteiger partial charge in [0.15, 0.2) is 0 Å². The third-order valence-corrected chi connectivity index (χ3v) is 5.19. The number of hydrogen-bond donors (Lipinski definition) is 0. The molecule has 0 saturated carbocycles. The molecule has 0 N–H and O–H groups in total. The largest absolute Gasteiger partial charge is 0.416 e. The molecule has 2 fully saturated rings. The van der Waals surface area contributed by atoms with Gasteiger partial charge in [0.2, 0.25) is 0 Å². The molecule has 0 aromatic heterocycles. The van der Waals surface area contributed by atoms with Crippen LogP contribution in [-0.2, 0) is 12.7 Å². The molecule has 2 saturated heterocycles. The van der Waals surface area contributed by atoms with E-state index in [1.54, 1.807) is 6.07 Å². The van der Waals surface area contributed by atoms with E-state index in [0.29, 0.717) is 23.5 Å². The number of rotatable bonds is 2. The molecular formula is C15H17BrF3N. The Morgan fingerprint density at radius 1 is 1.15 bits per heavy atom. The van der Waals surface area contributed by atoms with Crippen LogP contribution in [0.3, 0.4) is 0 Å². The number of halogens is 4. The second-order valence-corrected chi connectivity index (χ2v) is 7.12. The van der Waals surface area contributed by atoms with E-state index < -0.39 is 11.7 Å². The number of alkyl halides is 4. The van der Waals surface area contributed by atoms with Crippen LogP contribution >= 0.6 is 15.9 Å². The zero-order valence-corrected chi connectivity index (χ0v) is 12.6. The SMILES string of the molecule is FC(F)(F)c1cccc(CN2C3CCC2CC(Br)C3)c1. The first-order valence-corrected chi connectivity index (χ1v) is 7.91. The minimum Gasteiger partial charge on any atom is -0.293 e. The number of nitrogens with zero attached hydrogens (tertiary/aromatic N) is 1. The van der Waals surface area contributed by atoms with Gasteiger partial charge in [0, 0.05) is 23.5 Å². The summed E-state index contributed by atoms with van der Waals surface area (Å²) in [6.07, 6.45) is 0.306. The van der Waals surface area contributed by atoms with Crippen molar-refractivity contribution in [2.45, 2.75) is 55.3 Å². The molecule has 2 atom stereocenters. The third kappa shape index (κ3) is 2.89. The van der Waals surface area contributed by atoms with E-state index >= 15 is 0 Å². The van der Waals surface area contributed by atoms with Crippen LogP contribution in [0.5, 0.6) is 0 Å². The van der Waals surface area contributed by atoms with Crippen molar-refractivity contribution in [3.63, 3.8) is 0 Å². The second kappa shape index (κ2) is 5.34. The van der Waals surface area contributed by atoms with Gasteiger partial charge in [0.25, 0.3) is 0 Å². The summed E-state index contributed by atoms with van der Waals surface area (Å²) in [6, 6.07) is 6.79. The van der Waals surface area contributed by atoms with E-state index in [4.69, 9.17) is 0 Å². The van der Waals surface area contributed by atoms with Gasteiger partial charge in [-0.3, -0.25) is 4.90 Å². The van der Waals surface area contributed by atoms with E-state index in [9.17, 15) is 13.2 Å². The molecule has 110 valence electrons. The molecule has 2 aliphatic rings. The first kappa shape index (κ1) is 14.4. The Hall–Kier alpha value is -0.550. The predicted octanol–water partition coefficient (Wildman–Crippen LogP) is 4.60. The van der Waals surface area contributed by atoms with E-state index in [1.165, 1.54) is 25.0 Å². The molecule has 2 heterocycles. The van der Waals surface area contributed by atoms with Gasteiger partial charge in [-0.25, -0.2) is 0 Å². The Labute approximate surface area is 125 Å². The van der Waals surface area contributed by atoms with Gasteiger partial charge in [0.1, 0.15) is 0 Å². The molecule has 2 unspecified atom stereocenters. The normalized spacial score (nSPS) is 30.7. The quantitative estimate of drug-likeness (QED) is 0.707. The molecule has 2 bridgehead atoms. The molecule has 1 nitrogen and oxygen atoms in total. The molecule has 20 heavy (non-hydrogen) atoms. The maximum Gasteiger partial charge on any atom is 0.416 e. The van der Waals surface area contributed by atoms with Crippen LogP contribution < -0.4 is 0 Å². The smallest absolute Gasteiger partial charge is 0.293 e. The van der Waals surface area contributed by atoms with E-state index in [-0.39, 0.29) is 0 Å². The Bertz CT molecular complexity index is 474. The van der Waals surface area contributed by atoms with E-state index in [0.717, 1.165) is 24.5 Å². The van der Waals surface area contributed by atoms with Crippen molar-refractivity contribution in [2.24, 2.45) is 0 Å². The maximum atomic E-state index is 12.7. The Morgan fingerprint density at radius 3 is 2.40 bits per heavy atom. The summed E-state index contributed by atoms with van der Waals surface area (Å²) in [4.78, 5) is 2.96. The molecule has 0 spiro atoms. The highest BCUT2D eigenvalue weighted by molar-refractivity contribution is 9.09. The van der Waals surface area contributed by atoms with Crippen LogP contribution in [0.2, 0.25) is 0 Å². The number of fused-ring (bicyclic) bond motifs is 2. The summed E-state index contributed by atoms with van der Waals surface area (Å²) in [5.74, 6) is 0. The molecule has 1 aromatic rings. The lowest BCUT2D eigenvalue weighted by Crippen LogP contribution is -2.42. The highest BCUT2D eigenvalue weighted by atomic mass is 79.9. The maximum absolute atomic E-state index is 12.7. The molecular weight excluding hydrogens is 331 g/mol. The summed E-state index contributed by atoms with van der Waals surface area (Å²) in [5, 5.41) is 0. The zero-order chi connectivity index (χ0) is 14.3. The number of benzene rings is 1. The minimum absolute atomic E-state index is 0.521. The van der Waals surface area contributed by atoms with Crippen LogP contribution in [0, 0.1) is 0 Å². The summed E-state index contributed by atoms with van der Waals surface area (Å²) >= 11 is 3.68. The van der Waals surface area contributed by atoms with Crippen molar-refractivity contribution in [1.29, 1.82) is 0 Å². The lowest BCUT2D eigenvalue weighted by atomic mass is 10.0. The van der Waals surface area contributed by atoms with E-state index in [1.807, 2.05) is 0 Å². The Morgan fingerprint density at radius 2 is 1.80 bits per heavy atom. The number of hydrogen-bond acceptors (Lipinski definition) is 1. The number of piperidine rings is 1. The molecule has 2 aliphatic heterocycles. The van der Waals surface area contributed by atoms with Crippen molar-refractivity contribution in [3.8, 4) is 0 Å². The van der Waals surface area contributed by atoms with Crippen LogP contribution in [0.15, 0.2) is 24.3 Å². The highest BCUT2D eigenvalue weighted by Crippen LogP contribution is 2.39. The van der Waals surface area contributed by atoms with Gasteiger partial charge in [-0.05, 0) is 37.3 Å². The Balaban J connectivity index is 1.76. The fourth-order valence-electron chi connectivity index (χ4n) is 3.52. The molecule has 0 amide bonds. The van der Waals surface area contributed by atoms with Crippen LogP contribution in [-0.4, -0.2) is 21.8 Å². The first-order valence-electron chi connectivity index (χ1n) is 6.99. The van der Waals surface area contributed by atoms with Crippen molar-refractivity contribution in [3.05, 3.63) is 35.4 Å². The van der Waals surface area contributed by atoms with Crippen molar-refractivity contribution >= 4 is 15.9 Å². The minimum atomic E-state index is -4.25. The van der Waals surface area contributed by atoms with Gasteiger partial charge in [0.05, 0.1) is 5.56 Å². The summed E-state index contributed by atoms with van der Waals surface area (Å²) in [6.45, 7) is 0.638. The summed E-state index contributed by atoms with van der Waals surface area (Å²) < 4.78 is 38.2. The molecule has 3 rings (SSSR count). The molecule has 1 aromatic carbocycles. The van der Waals surface area contributed by atoms with Crippen LogP contribution in [0.4, 0.5) is 13.2 Å². The van der Waals surface area contributed by atoms with Gasteiger partial charge in [-0.2, -0.15) is 13.2 Å². The fourth-order valence-corrected chi connectivity index (χ4v) is 4.39. The van der Waals surface area contributed by atoms with Gasteiger partial charge in [-0.15, -0.1) is 0 Å². The molecule has 0 radical (unpaired) electrons. The fraction of sp³-hybridized carbons (Fsp3) is 0.600. The van der Waals surface area contributed by atoms with Crippen molar-refractivity contribution in [2.75, 3.05) is 0 Å². The summed E-state index contributed by atoms with van der Waals surface area (Å²) in [5.41, 5.74) is 0.225. The van der Waals surface area contributed by atoms with Crippen LogP contribution in [0.1, 0.15) is 36.8 Å². The van der Waals surface area contributed by atoms with Gasteiger partial charge in [-0.1, -0.05) is 34.1 Å². The standard InChI is InChI=1S/C15H17BrF3N/c16-12-7-13-4-5-14(8-12)20(13)9-10-2-1-3-11(6-10)15(17,18)19/h1-3,6,12-14H,4-5,7-9H2. The highest BCUT2D eigenvalue weighted by Gasteiger charge is 2.39. The van der Waals surface area contributed by atoms with Gasteiger partial charge >= 0.3 is 6.18 Å². The first-order chi connectivity index (χ1) is 9.43. The average molecular weight is 348 g/mol. The topological polar surface area (TPSA) is 3.24 Å². The van der Waals surface area contributed by atoms with Crippen molar-refractivity contribution in [1.82, 2.24) is 4.90 Å². The third-order valence-electron chi connectivity index (χ3n) is 4.45. The summed E-state index contributed by atoms with van der Waals surface area (Å²) in [7, 11) is 0. The van der Waals surface area contributed by atoms with Gasteiger partial charge < -0.3 is 0 Å². The van der Waals surface area contributed by atoms with Crippen LogP contribution in [0.25, 0.3) is 0 Å².